The molecule has 2 fully saturated rings. The number of fused-ring (bicyclic) bond motifs is 1. The van der Waals surface area contributed by atoms with Crippen molar-refractivity contribution < 1.29 is 79.2 Å². The molecule has 10 N–H and O–H groups in total. The number of phenols is 3. The van der Waals surface area contributed by atoms with Gasteiger partial charge in [0.1, 0.15) is 65.2 Å². The zero-order valence-electron chi connectivity index (χ0n) is 23.4. The van der Waals surface area contributed by atoms with Crippen LogP contribution in [0.3, 0.4) is 0 Å². The molecule has 2 aliphatic rings. The number of methoxy groups -OCH3 is 1. The van der Waals surface area contributed by atoms with Gasteiger partial charge in [-0.05, 0) is 18.2 Å². The summed E-state index contributed by atoms with van der Waals surface area (Å²) in [5.74, 6) is -2.49. The van der Waals surface area contributed by atoms with Crippen LogP contribution >= 0.6 is 0 Å². The third-order valence-corrected chi connectivity index (χ3v) is 7.56. The number of rotatable bonds is 8. The van der Waals surface area contributed by atoms with Crippen LogP contribution in [-0.4, -0.2) is 133 Å². The van der Waals surface area contributed by atoms with Crippen molar-refractivity contribution in [2.75, 3.05) is 20.3 Å². The third kappa shape index (κ3) is 5.98. The average Bonchev–Trinajstić information content (AvgIpc) is 3.01. The maximum Gasteiger partial charge on any atom is 0.239 e. The lowest BCUT2D eigenvalue weighted by Gasteiger charge is -2.45. The van der Waals surface area contributed by atoms with E-state index in [0.29, 0.717) is 0 Å². The fourth-order valence-electron chi connectivity index (χ4n) is 5.13. The molecule has 1 aromatic heterocycles. The highest BCUT2D eigenvalue weighted by Crippen LogP contribution is 2.40. The summed E-state index contributed by atoms with van der Waals surface area (Å²) in [4.78, 5) is 13.8. The van der Waals surface area contributed by atoms with Crippen LogP contribution in [0.15, 0.2) is 39.5 Å². The third-order valence-electron chi connectivity index (χ3n) is 7.56. The fourth-order valence-corrected chi connectivity index (χ4v) is 5.13. The van der Waals surface area contributed by atoms with E-state index in [9.17, 15) is 55.9 Å². The lowest BCUT2D eigenvalue weighted by atomic mass is 9.97. The predicted octanol–water partition coefficient (Wildman–Crippen LogP) is -2.41. The van der Waals surface area contributed by atoms with Crippen molar-refractivity contribution in [3.05, 3.63) is 40.6 Å². The van der Waals surface area contributed by atoms with Crippen LogP contribution in [0.1, 0.15) is 0 Å². The summed E-state index contributed by atoms with van der Waals surface area (Å²) in [5, 5.41) is 102. The largest absolute Gasteiger partial charge is 0.508 e. The second kappa shape index (κ2) is 12.9. The normalized spacial score (nSPS) is 32.0. The molecule has 0 radical (unpaired) electrons. The second-order valence-corrected chi connectivity index (χ2v) is 10.4. The van der Waals surface area contributed by atoms with Crippen LogP contribution < -0.4 is 14.9 Å². The van der Waals surface area contributed by atoms with Crippen LogP contribution in [0.4, 0.5) is 0 Å². The smallest absolute Gasteiger partial charge is 0.239 e. The molecule has 0 saturated carbocycles. The van der Waals surface area contributed by atoms with E-state index in [1.807, 2.05) is 0 Å². The summed E-state index contributed by atoms with van der Waals surface area (Å²) in [6.45, 7) is -1.65. The number of aliphatic hydroxyl groups excluding tert-OH is 7. The van der Waals surface area contributed by atoms with Crippen LogP contribution in [-0.2, 0) is 14.2 Å². The zero-order valence-corrected chi connectivity index (χ0v) is 23.4. The number of phenolic OH excluding ortho intramolecular Hbond substituents is 3. The Morgan fingerprint density at radius 1 is 0.778 bits per heavy atom. The highest BCUT2D eigenvalue weighted by Gasteiger charge is 2.51. The summed E-state index contributed by atoms with van der Waals surface area (Å²) < 4.78 is 33.5. The highest BCUT2D eigenvalue weighted by molar-refractivity contribution is 5.88. The summed E-state index contributed by atoms with van der Waals surface area (Å²) in [7, 11) is 1.27. The number of aromatic hydroxyl groups is 3. The molecule has 0 aliphatic carbocycles. The predicted molar refractivity (Wildman–Crippen MR) is 146 cm³/mol. The number of hydrogen-bond donors (Lipinski definition) is 10. The Hall–Kier alpha value is -3.75. The number of benzene rings is 2. The quantitative estimate of drug-likeness (QED) is 0.123. The summed E-state index contributed by atoms with van der Waals surface area (Å²) >= 11 is 0. The molecule has 0 amide bonds. The van der Waals surface area contributed by atoms with Gasteiger partial charge in [-0.15, -0.1) is 0 Å². The highest BCUT2D eigenvalue weighted by atomic mass is 16.8. The monoisotopic (exact) mass is 640 g/mol. The van der Waals surface area contributed by atoms with Crippen molar-refractivity contribution in [2.24, 2.45) is 0 Å². The van der Waals surface area contributed by atoms with Crippen molar-refractivity contribution in [3.63, 3.8) is 0 Å². The van der Waals surface area contributed by atoms with Gasteiger partial charge in [-0.25, -0.2) is 0 Å². The first kappa shape index (κ1) is 32.6. The molecular weight excluding hydrogens is 608 g/mol. The van der Waals surface area contributed by atoms with Gasteiger partial charge in [-0.2, -0.15) is 0 Å². The van der Waals surface area contributed by atoms with E-state index in [1.165, 1.54) is 25.3 Å². The van der Waals surface area contributed by atoms with Crippen LogP contribution in [0.5, 0.6) is 28.7 Å². The molecule has 2 aliphatic heterocycles. The summed E-state index contributed by atoms with van der Waals surface area (Å²) in [6, 6.07) is 5.72. The standard InChI is InChI=1S/C28H32O17/c1-40-13-4-9(2-3-11(13)32)24-25(20(36)17-12(33)5-10(31)6-14(17)41-24)44-28-26(22(38)19(35)16(8-30)43-28)45-27-23(39)21(37)18(34)15(7-29)42-27/h2-6,15-16,18-19,21-23,26-35,37-39H,7-8H2,1H3/t15-,16+,18+,19+,21+,22+,23+,26+,27+,28+/m1/s1. The Bertz CT molecular complexity index is 1570. The van der Waals surface area contributed by atoms with E-state index in [0.717, 1.165) is 12.1 Å². The van der Waals surface area contributed by atoms with E-state index in [1.54, 1.807) is 0 Å². The maximum absolute atomic E-state index is 13.8. The number of hydrogen-bond acceptors (Lipinski definition) is 17. The van der Waals surface area contributed by atoms with E-state index < -0.39 is 103 Å². The molecule has 3 heterocycles. The molecule has 10 atom stereocenters. The first-order chi connectivity index (χ1) is 21.4. The Kier molecular flexibility index (Phi) is 9.38. The Morgan fingerprint density at radius 2 is 1.42 bits per heavy atom. The molecule has 0 spiro atoms. The molecule has 5 rings (SSSR count). The van der Waals surface area contributed by atoms with E-state index >= 15 is 0 Å². The first-order valence-corrected chi connectivity index (χ1v) is 13.5. The minimum absolute atomic E-state index is 0.0448. The van der Waals surface area contributed by atoms with Gasteiger partial charge in [0.2, 0.25) is 17.5 Å². The van der Waals surface area contributed by atoms with E-state index in [-0.39, 0.29) is 28.4 Å². The Balaban J connectivity index is 1.62. The van der Waals surface area contributed by atoms with Crippen LogP contribution in [0.25, 0.3) is 22.3 Å². The first-order valence-electron chi connectivity index (χ1n) is 13.5. The lowest BCUT2D eigenvalue weighted by molar-refractivity contribution is -0.358. The van der Waals surface area contributed by atoms with Gasteiger partial charge in [0.25, 0.3) is 0 Å². The molecule has 0 bridgehead atoms. The number of aliphatic hydroxyl groups is 7. The van der Waals surface area contributed by atoms with Gasteiger partial charge in [0.15, 0.2) is 29.7 Å². The second-order valence-electron chi connectivity index (χ2n) is 10.4. The van der Waals surface area contributed by atoms with Gasteiger partial charge in [0, 0.05) is 17.7 Å². The summed E-state index contributed by atoms with van der Waals surface area (Å²) in [6.07, 6.45) is -17.9. The fraction of sp³-hybridized carbons (Fsp3) is 0.464. The molecular formula is C28H32O17. The van der Waals surface area contributed by atoms with E-state index in [4.69, 9.17) is 28.1 Å². The molecule has 246 valence electrons. The molecule has 0 unspecified atom stereocenters. The van der Waals surface area contributed by atoms with Crippen LogP contribution in [0.2, 0.25) is 0 Å². The van der Waals surface area contributed by atoms with Gasteiger partial charge < -0.3 is 79.2 Å². The minimum Gasteiger partial charge on any atom is -0.508 e. The van der Waals surface area contributed by atoms with Gasteiger partial charge in [-0.1, -0.05) is 0 Å². The van der Waals surface area contributed by atoms with Crippen molar-refractivity contribution >= 4 is 11.0 Å². The van der Waals surface area contributed by atoms with Gasteiger partial charge in [-0.3, -0.25) is 4.79 Å². The van der Waals surface area contributed by atoms with Crippen molar-refractivity contribution in [2.45, 2.75) is 61.4 Å². The topological polar surface area (TPSA) is 279 Å². The van der Waals surface area contributed by atoms with E-state index in [2.05, 4.69) is 0 Å². The minimum atomic E-state index is -1.96. The van der Waals surface area contributed by atoms with Gasteiger partial charge >= 0.3 is 0 Å². The molecule has 45 heavy (non-hydrogen) atoms. The zero-order chi connectivity index (χ0) is 32.7. The Labute approximate surface area is 252 Å². The number of ether oxygens (including phenoxy) is 5. The molecule has 17 nitrogen and oxygen atoms in total. The molecule has 2 saturated heterocycles. The van der Waals surface area contributed by atoms with Crippen molar-refractivity contribution in [3.8, 4) is 40.1 Å². The SMILES string of the molecule is COc1cc(-c2oc3cc(O)cc(O)c3c(=O)c2O[C@@H]2O[C@@H](CO)[C@H](O)[C@H](O)[C@@H]2O[C@@H]2O[C@H](CO)[C@H](O)[C@H](O)[C@@H]2O)ccc1O. The lowest BCUT2D eigenvalue weighted by Crippen LogP contribution is -2.65. The molecule has 2 aromatic carbocycles. The molecule has 3 aromatic rings. The Morgan fingerprint density at radius 3 is 2.07 bits per heavy atom. The summed E-state index contributed by atoms with van der Waals surface area (Å²) in [5.41, 5.74) is -1.23. The average molecular weight is 641 g/mol. The van der Waals surface area contributed by atoms with Crippen molar-refractivity contribution in [1.82, 2.24) is 0 Å². The molecule has 17 heteroatoms. The van der Waals surface area contributed by atoms with Gasteiger partial charge in [0.05, 0.1) is 20.3 Å². The van der Waals surface area contributed by atoms with Crippen molar-refractivity contribution in [1.29, 1.82) is 0 Å². The maximum atomic E-state index is 13.8. The van der Waals surface area contributed by atoms with Crippen LogP contribution in [0, 0.1) is 0 Å².